The maximum Gasteiger partial charge on any atom is 0.261 e. The molecule has 3 rings (SSSR count). The molecule has 0 saturated carbocycles. The second kappa shape index (κ2) is 8.80. The molecule has 0 unspecified atom stereocenters. The summed E-state index contributed by atoms with van der Waals surface area (Å²) in [6.07, 6.45) is 0.313. The molecule has 3 aromatic carbocycles. The molecule has 2 N–H and O–H groups in total. The topological polar surface area (TPSA) is 99.1 Å². The summed E-state index contributed by atoms with van der Waals surface area (Å²) < 4.78 is 27.7. The van der Waals surface area contributed by atoms with Gasteiger partial charge >= 0.3 is 0 Å². The fourth-order valence-corrected chi connectivity index (χ4v) is 3.93. The van der Waals surface area contributed by atoms with Gasteiger partial charge in [0.25, 0.3) is 15.9 Å². The van der Waals surface area contributed by atoms with Gasteiger partial charge in [0.15, 0.2) is 0 Å². The summed E-state index contributed by atoms with van der Waals surface area (Å²) >= 11 is 0. The Bertz CT molecular complexity index is 1210. The van der Waals surface area contributed by atoms with Crippen LogP contribution >= 0.6 is 0 Å². The molecule has 6 nitrogen and oxygen atoms in total. The van der Waals surface area contributed by atoms with Gasteiger partial charge in [0.05, 0.1) is 17.4 Å². The Balaban J connectivity index is 1.68. The van der Waals surface area contributed by atoms with E-state index in [-0.39, 0.29) is 10.8 Å². The molecule has 152 valence electrons. The lowest BCUT2D eigenvalue weighted by Gasteiger charge is -2.11. The van der Waals surface area contributed by atoms with E-state index in [2.05, 4.69) is 16.1 Å². The molecule has 0 fully saturated rings. The lowest BCUT2D eigenvalue weighted by atomic mass is 10.1. The average molecular weight is 420 g/mol. The molecular formula is C23H21N3O3S. The fourth-order valence-electron chi connectivity index (χ4n) is 2.79. The van der Waals surface area contributed by atoms with Crippen LogP contribution in [0.2, 0.25) is 0 Å². The number of nitrogens with one attached hydrogen (secondary N) is 2. The molecule has 3 aromatic rings. The van der Waals surface area contributed by atoms with Crippen LogP contribution in [0.3, 0.4) is 0 Å². The predicted octanol–water partition coefficient (Wildman–Crippen LogP) is 4.42. The first-order valence-electron chi connectivity index (χ1n) is 9.26. The van der Waals surface area contributed by atoms with Crippen molar-refractivity contribution in [3.8, 4) is 6.07 Å². The molecule has 0 radical (unpaired) electrons. The van der Waals surface area contributed by atoms with E-state index in [1.807, 2.05) is 13.8 Å². The number of hydrogen-bond acceptors (Lipinski definition) is 4. The highest BCUT2D eigenvalue weighted by atomic mass is 32.2. The number of nitrogens with zero attached hydrogens (tertiary/aromatic N) is 1. The molecule has 0 aromatic heterocycles. The number of anilines is 2. The highest BCUT2D eigenvalue weighted by molar-refractivity contribution is 7.92. The minimum atomic E-state index is -3.72. The summed E-state index contributed by atoms with van der Waals surface area (Å²) in [4.78, 5) is 12.6. The minimum absolute atomic E-state index is 0.187. The number of carbonyl (C=O) groups is 1. The van der Waals surface area contributed by atoms with Gasteiger partial charge in [0.2, 0.25) is 0 Å². The second-order valence-corrected chi connectivity index (χ2v) is 8.60. The Kier molecular flexibility index (Phi) is 6.19. The molecule has 7 heteroatoms. The molecule has 0 atom stereocenters. The van der Waals surface area contributed by atoms with Crippen molar-refractivity contribution in [2.45, 2.75) is 25.2 Å². The third kappa shape index (κ3) is 5.04. The summed E-state index contributed by atoms with van der Waals surface area (Å²) in [5.74, 6) is -0.313. The van der Waals surface area contributed by atoms with Crippen molar-refractivity contribution in [2.24, 2.45) is 0 Å². The third-order valence-electron chi connectivity index (χ3n) is 4.68. The molecule has 0 spiro atoms. The van der Waals surface area contributed by atoms with Gasteiger partial charge in [-0.25, -0.2) is 8.42 Å². The van der Waals surface area contributed by atoms with Gasteiger partial charge in [-0.3, -0.25) is 9.52 Å². The van der Waals surface area contributed by atoms with Crippen molar-refractivity contribution in [3.05, 3.63) is 89.0 Å². The standard InChI is InChI=1S/C23H21N3O3S/c1-16-3-12-22(15-17(16)2)30(28,29)26-21-10-6-19(7-11-21)23(27)25-20-8-4-18(5-9-20)13-14-24/h3-12,15,26H,13H2,1-2H3,(H,25,27). The van der Waals surface area contributed by atoms with Crippen LogP contribution in [0.15, 0.2) is 71.6 Å². The Hall–Kier alpha value is -3.63. The highest BCUT2D eigenvalue weighted by Crippen LogP contribution is 2.20. The van der Waals surface area contributed by atoms with Crippen LogP contribution in [-0.4, -0.2) is 14.3 Å². The van der Waals surface area contributed by atoms with E-state index in [0.29, 0.717) is 23.4 Å². The quantitative estimate of drug-likeness (QED) is 0.618. The van der Waals surface area contributed by atoms with Crippen molar-refractivity contribution in [1.29, 1.82) is 5.26 Å². The summed E-state index contributed by atoms with van der Waals surface area (Å²) in [7, 11) is -3.72. The van der Waals surface area contributed by atoms with Gasteiger partial charge in [-0.1, -0.05) is 18.2 Å². The maximum atomic E-state index is 12.6. The van der Waals surface area contributed by atoms with Crippen LogP contribution in [0.1, 0.15) is 27.0 Å². The number of benzene rings is 3. The van der Waals surface area contributed by atoms with E-state index in [9.17, 15) is 13.2 Å². The molecular weight excluding hydrogens is 398 g/mol. The van der Waals surface area contributed by atoms with E-state index < -0.39 is 10.0 Å². The molecule has 0 aliphatic heterocycles. The lowest BCUT2D eigenvalue weighted by Crippen LogP contribution is -2.14. The predicted molar refractivity (Wildman–Crippen MR) is 117 cm³/mol. The van der Waals surface area contributed by atoms with E-state index in [4.69, 9.17) is 5.26 Å². The van der Waals surface area contributed by atoms with Gasteiger partial charge in [-0.05, 0) is 79.1 Å². The Morgan fingerprint density at radius 1 is 0.900 bits per heavy atom. The number of amides is 1. The fraction of sp³-hybridized carbons (Fsp3) is 0.130. The van der Waals surface area contributed by atoms with Crippen LogP contribution in [0.25, 0.3) is 0 Å². The maximum absolute atomic E-state index is 12.6. The summed E-state index contributed by atoms with van der Waals surface area (Å²) in [6, 6.07) is 20.3. The van der Waals surface area contributed by atoms with Crippen molar-refractivity contribution < 1.29 is 13.2 Å². The van der Waals surface area contributed by atoms with Gasteiger partial charge in [-0.15, -0.1) is 0 Å². The van der Waals surface area contributed by atoms with Crippen molar-refractivity contribution >= 4 is 27.3 Å². The number of sulfonamides is 1. The normalized spacial score (nSPS) is 10.8. The zero-order chi connectivity index (χ0) is 21.7. The molecule has 0 aliphatic carbocycles. The van der Waals surface area contributed by atoms with Crippen molar-refractivity contribution in [2.75, 3.05) is 10.0 Å². The Morgan fingerprint density at radius 3 is 2.13 bits per heavy atom. The highest BCUT2D eigenvalue weighted by Gasteiger charge is 2.15. The number of hydrogen-bond donors (Lipinski definition) is 2. The molecule has 1 amide bonds. The van der Waals surface area contributed by atoms with E-state index in [1.165, 1.54) is 0 Å². The van der Waals surface area contributed by atoms with Crippen LogP contribution in [0, 0.1) is 25.2 Å². The SMILES string of the molecule is Cc1ccc(S(=O)(=O)Nc2ccc(C(=O)Nc3ccc(CC#N)cc3)cc2)cc1C. The molecule has 0 saturated heterocycles. The van der Waals surface area contributed by atoms with Gasteiger partial charge in [0, 0.05) is 16.9 Å². The summed E-state index contributed by atoms with van der Waals surface area (Å²) in [5.41, 5.74) is 4.16. The largest absolute Gasteiger partial charge is 0.322 e. The summed E-state index contributed by atoms with van der Waals surface area (Å²) in [6.45, 7) is 3.78. The van der Waals surface area contributed by atoms with Gasteiger partial charge < -0.3 is 5.32 Å². The van der Waals surface area contributed by atoms with Crippen LogP contribution in [0.4, 0.5) is 11.4 Å². The average Bonchev–Trinajstić information content (AvgIpc) is 2.72. The number of nitriles is 1. The first-order valence-corrected chi connectivity index (χ1v) is 10.7. The monoisotopic (exact) mass is 419 g/mol. The number of rotatable bonds is 6. The Labute approximate surface area is 176 Å². The number of aryl methyl sites for hydroxylation is 2. The van der Waals surface area contributed by atoms with Crippen LogP contribution in [0.5, 0.6) is 0 Å². The number of carbonyl (C=O) groups excluding carboxylic acids is 1. The Morgan fingerprint density at radius 2 is 1.53 bits per heavy atom. The minimum Gasteiger partial charge on any atom is -0.322 e. The first kappa shape index (κ1) is 21.1. The molecule has 0 bridgehead atoms. The van der Waals surface area contributed by atoms with Gasteiger partial charge in [0.1, 0.15) is 0 Å². The first-order chi connectivity index (χ1) is 14.3. The third-order valence-corrected chi connectivity index (χ3v) is 6.06. The van der Waals surface area contributed by atoms with E-state index in [0.717, 1.165) is 16.7 Å². The van der Waals surface area contributed by atoms with Crippen LogP contribution in [-0.2, 0) is 16.4 Å². The van der Waals surface area contributed by atoms with E-state index >= 15 is 0 Å². The van der Waals surface area contributed by atoms with Gasteiger partial charge in [-0.2, -0.15) is 5.26 Å². The zero-order valence-corrected chi connectivity index (χ0v) is 17.5. The summed E-state index contributed by atoms with van der Waals surface area (Å²) in [5, 5.41) is 11.5. The smallest absolute Gasteiger partial charge is 0.261 e. The van der Waals surface area contributed by atoms with E-state index in [1.54, 1.807) is 66.7 Å². The van der Waals surface area contributed by atoms with Crippen molar-refractivity contribution in [3.63, 3.8) is 0 Å². The molecule has 0 heterocycles. The molecule has 30 heavy (non-hydrogen) atoms. The van der Waals surface area contributed by atoms with Crippen molar-refractivity contribution in [1.82, 2.24) is 0 Å². The lowest BCUT2D eigenvalue weighted by molar-refractivity contribution is 0.102. The van der Waals surface area contributed by atoms with Crippen LogP contribution < -0.4 is 10.0 Å². The zero-order valence-electron chi connectivity index (χ0n) is 16.6. The molecule has 0 aliphatic rings. The second-order valence-electron chi connectivity index (χ2n) is 6.91.